The molecule has 0 aliphatic heterocycles. The van der Waals surface area contributed by atoms with Crippen LogP contribution in [0.2, 0.25) is 0 Å². The number of furan rings is 1. The molecule has 1 saturated carbocycles. The number of amides is 1. The SMILES string of the molecule is CN=C(NCC(=O)NCc1ccco1)NCc1ccc(C)cc1OCC1CC1.I. The average Bonchev–Trinajstić information content (AvgIpc) is 3.38. The monoisotopic (exact) mass is 512 g/mol. The lowest BCUT2D eigenvalue weighted by atomic mass is 10.1. The van der Waals surface area contributed by atoms with Crippen LogP contribution >= 0.6 is 24.0 Å². The maximum atomic E-state index is 12.0. The van der Waals surface area contributed by atoms with Gasteiger partial charge >= 0.3 is 0 Å². The molecule has 0 radical (unpaired) electrons. The highest BCUT2D eigenvalue weighted by Gasteiger charge is 2.22. The van der Waals surface area contributed by atoms with Gasteiger partial charge in [-0.1, -0.05) is 12.1 Å². The first-order chi connectivity index (χ1) is 13.6. The van der Waals surface area contributed by atoms with Gasteiger partial charge in [-0.25, -0.2) is 0 Å². The number of rotatable bonds is 9. The molecule has 1 aliphatic carbocycles. The van der Waals surface area contributed by atoms with Gasteiger partial charge in [0.05, 0.1) is 26.0 Å². The molecule has 0 unspecified atom stereocenters. The number of nitrogens with one attached hydrogen (secondary N) is 3. The highest BCUT2D eigenvalue weighted by Crippen LogP contribution is 2.30. The van der Waals surface area contributed by atoms with Crippen LogP contribution in [0.1, 0.15) is 29.7 Å². The number of aliphatic imine (C=N–C) groups is 1. The molecule has 0 saturated heterocycles. The minimum absolute atomic E-state index is 0. The van der Waals surface area contributed by atoms with Crippen molar-refractivity contribution in [2.24, 2.45) is 10.9 Å². The van der Waals surface area contributed by atoms with Crippen LogP contribution < -0.4 is 20.7 Å². The van der Waals surface area contributed by atoms with Crippen molar-refractivity contribution in [3.05, 3.63) is 53.5 Å². The molecule has 1 aromatic carbocycles. The van der Waals surface area contributed by atoms with Gasteiger partial charge in [0, 0.05) is 19.2 Å². The van der Waals surface area contributed by atoms with Gasteiger partial charge in [-0.05, 0) is 49.4 Å². The molecular formula is C21H29IN4O3. The molecule has 2 aromatic rings. The number of hydrogen-bond donors (Lipinski definition) is 3. The molecule has 1 fully saturated rings. The van der Waals surface area contributed by atoms with Gasteiger partial charge in [0.25, 0.3) is 0 Å². The molecule has 29 heavy (non-hydrogen) atoms. The maximum Gasteiger partial charge on any atom is 0.239 e. The van der Waals surface area contributed by atoms with E-state index >= 15 is 0 Å². The van der Waals surface area contributed by atoms with Crippen molar-refractivity contribution in [2.75, 3.05) is 20.2 Å². The van der Waals surface area contributed by atoms with Crippen molar-refractivity contribution in [1.82, 2.24) is 16.0 Å². The van der Waals surface area contributed by atoms with E-state index in [0.29, 0.717) is 30.7 Å². The summed E-state index contributed by atoms with van der Waals surface area (Å²) in [6.07, 6.45) is 4.11. The second-order valence-corrected chi connectivity index (χ2v) is 7.00. The van der Waals surface area contributed by atoms with Crippen LogP contribution in [0.25, 0.3) is 0 Å². The first kappa shape index (κ1) is 23.1. The lowest BCUT2D eigenvalue weighted by Gasteiger charge is -2.15. The fourth-order valence-electron chi connectivity index (χ4n) is 2.66. The van der Waals surface area contributed by atoms with Crippen LogP contribution in [0.15, 0.2) is 46.0 Å². The van der Waals surface area contributed by atoms with E-state index in [4.69, 9.17) is 9.15 Å². The number of carbonyl (C=O) groups excluding carboxylic acids is 1. The van der Waals surface area contributed by atoms with Crippen molar-refractivity contribution in [3.63, 3.8) is 0 Å². The van der Waals surface area contributed by atoms with Gasteiger partial charge < -0.3 is 25.1 Å². The van der Waals surface area contributed by atoms with Gasteiger partial charge in [0.2, 0.25) is 5.91 Å². The number of carbonyl (C=O) groups is 1. The molecular weight excluding hydrogens is 483 g/mol. The van der Waals surface area contributed by atoms with Crippen molar-refractivity contribution >= 4 is 35.8 Å². The summed E-state index contributed by atoms with van der Waals surface area (Å²) < 4.78 is 11.2. The van der Waals surface area contributed by atoms with E-state index < -0.39 is 0 Å². The Labute approximate surface area is 188 Å². The predicted octanol–water partition coefficient (Wildman–Crippen LogP) is 2.98. The highest BCUT2D eigenvalue weighted by molar-refractivity contribution is 14.0. The first-order valence-electron chi connectivity index (χ1n) is 9.60. The second kappa shape index (κ2) is 11.7. The standard InChI is InChI=1S/C21H28N4O3.HI/c1-15-5-8-17(19(10-15)28-14-16-6-7-16)11-24-21(22-2)25-13-20(26)23-12-18-4-3-9-27-18;/h3-5,8-10,16H,6-7,11-14H2,1-2H3,(H,23,26)(H2,22,24,25);1H. The first-order valence-corrected chi connectivity index (χ1v) is 9.60. The zero-order valence-corrected chi connectivity index (χ0v) is 19.2. The number of benzene rings is 1. The lowest BCUT2D eigenvalue weighted by molar-refractivity contribution is -0.120. The predicted molar refractivity (Wildman–Crippen MR) is 124 cm³/mol. The maximum absolute atomic E-state index is 12.0. The Morgan fingerprint density at radius 1 is 1.21 bits per heavy atom. The average molecular weight is 512 g/mol. The molecule has 8 heteroatoms. The summed E-state index contributed by atoms with van der Waals surface area (Å²) in [5.74, 6) is 2.75. The Bertz CT molecular complexity index is 804. The van der Waals surface area contributed by atoms with Crippen LogP contribution in [0, 0.1) is 12.8 Å². The molecule has 3 rings (SSSR count). The summed E-state index contributed by atoms with van der Waals surface area (Å²) in [5.41, 5.74) is 2.24. The van der Waals surface area contributed by atoms with Gasteiger partial charge in [-0.2, -0.15) is 0 Å². The number of ether oxygens (including phenoxy) is 1. The Kier molecular flexibility index (Phi) is 9.30. The van der Waals surface area contributed by atoms with Crippen LogP contribution in [0.5, 0.6) is 5.75 Å². The molecule has 3 N–H and O–H groups in total. The summed E-state index contributed by atoms with van der Waals surface area (Å²) in [6.45, 7) is 3.89. The van der Waals surface area contributed by atoms with Gasteiger partial charge in [0.1, 0.15) is 11.5 Å². The number of aryl methyl sites for hydroxylation is 1. The summed E-state index contributed by atoms with van der Waals surface area (Å²) in [6, 6.07) is 9.81. The molecule has 7 nitrogen and oxygen atoms in total. The zero-order valence-electron chi connectivity index (χ0n) is 16.9. The third-order valence-corrected chi connectivity index (χ3v) is 4.52. The third kappa shape index (κ3) is 7.96. The molecule has 0 atom stereocenters. The fourth-order valence-corrected chi connectivity index (χ4v) is 2.66. The Balaban J connectivity index is 0.00000300. The summed E-state index contributed by atoms with van der Waals surface area (Å²) in [7, 11) is 1.68. The molecule has 1 amide bonds. The Hall–Kier alpha value is -2.23. The van der Waals surface area contributed by atoms with Gasteiger partial charge in [0.15, 0.2) is 5.96 Å². The molecule has 1 aliphatic rings. The Morgan fingerprint density at radius 3 is 2.72 bits per heavy atom. The quantitative estimate of drug-likeness (QED) is 0.273. The van der Waals surface area contributed by atoms with Crippen LogP contribution in [-0.4, -0.2) is 32.1 Å². The molecule has 1 heterocycles. The van der Waals surface area contributed by atoms with Gasteiger partial charge in [-0.15, -0.1) is 24.0 Å². The molecule has 1 aromatic heterocycles. The topological polar surface area (TPSA) is 87.9 Å². The second-order valence-electron chi connectivity index (χ2n) is 7.00. The lowest BCUT2D eigenvalue weighted by Crippen LogP contribution is -2.42. The normalized spacial score (nSPS) is 13.4. The third-order valence-electron chi connectivity index (χ3n) is 4.52. The summed E-state index contributed by atoms with van der Waals surface area (Å²) in [4.78, 5) is 16.1. The van der Waals surface area contributed by atoms with E-state index in [2.05, 4.69) is 46.1 Å². The highest BCUT2D eigenvalue weighted by atomic mass is 127. The van der Waals surface area contributed by atoms with E-state index in [0.717, 1.165) is 17.9 Å². The van der Waals surface area contributed by atoms with Crippen molar-refractivity contribution in [1.29, 1.82) is 0 Å². The molecule has 158 valence electrons. The van der Waals surface area contributed by atoms with E-state index in [1.54, 1.807) is 19.4 Å². The minimum atomic E-state index is -0.136. The zero-order chi connectivity index (χ0) is 19.8. The Morgan fingerprint density at radius 2 is 2.03 bits per heavy atom. The minimum Gasteiger partial charge on any atom is -0.493 e. The van der Waals surface area contributed by atoms with Gasteiger partial charge in [-0.3, -0.25) is 9.79 Å². The van der Waals surface area contributed by atoms with Crippen molar-refractivity contribution in [2.45, 2.75) is 32.9 Å². The van der Waals surface area contributed by atoms with Crippen LogP contribution in [0.3, 0.4) is 0 Å². The van der Waals surface area contributed by atoms with Crippen molar-refractivity contribution < 1.29 is 13.9 Å². The van der Waals surface area contributed by atoms with E-state index in [1.165, 1.54) is 18.4 Å². The van der Waals surface area contributed by atoms with Crippen molar-refractivity contribution in [3.8, 4) is 5.75 Å². The van der Waals surface area contributed by atoms with E-state index in [9.17, 15) is 4.79 Å². The number of guanidine groups is 1. The number of halogens is 1. The van der Waals surface area contributed by atoms with Crippen LogP contribution in [0.4, 0.5) is 0 Å². The van der Waals surface area contributed by atoms with E-state index in [-0.39, 0.29) is 36.4 Å². The summed E-state index contributed by atoms with van der Waals surface area (Å²) in [5, 5.41) is 9.04. The van der Waals surface area contributed by atoms with Crippen LogP contribution in [-0.2, 0) is 17.9 Å². The smallest absolute Gasteiger partial charge is 0.239 e. The molecule has 0 bridgehead atoms. The van der Waals surface area contributed by atoms with E-state index in [1.807, 2.05) is 6.07 Å². The largest absolute Gasteiger partial charge is 0.493 e. The molecule has 0 spiro atoms. The fraction of sp³-hybridized carbons (Fsp3) is 0.429. The number of nitrogens with zero attached hydrogens (tertiary/aromatic N) is 1. The summed E-state index contributed by atoms with van der Waals surface area (Å²) >= 11 is 0. The number of hydrogen-bond acceptors (Lipinski definition) is 4.